The monoisotopic (exact) mass is 432 g/mol. The highest BCUT2D eigenvalue weighted by Crippen LogP contribution is 2.30. The molecule has 1 aromatic carbocycles. The summed E-state index contributed by atoms with van der Waals surface area (Å²) in [6, 6.07) is 5.65. The van der Waals surface area contributed by atoms with Crippen LogP contribution in [-0.4, -0.2) is 27.7 Å². The van der Waals surface area contributed by atoms with Crippen LogP contribution < -0.4 is 5.32 Å². The number of nitrogens with zero attached hydrogens (tertiary/aromatic N) is 3. The third-order valence-corrected chi connectivity index (χ3v) is 4.08. The first-order chi connectivity index (χ1) is 13.6. The third kappa shape index (κ3) is 5.14. The van der Waals surface area contributed by atoms with Gasteiger partial charge in [-0.2, -0.15) is 13.2 Å². The number of alkyl halides is 3. The molecule has 4 nitrogen and oxygen atoms in total. The van der Waals surface area contributed by atoms with Crippen LogP contribution in [0.1, 0.15) is 11.1 Å². The standard InChI is InChI=1S/C18H11ClF6N4/c19-15-11(7-10-12(21)5-9(20)6-13(10)22)16(27-8-18(23,24)25)29-17(28-15)14-3-1-2-4-26-14/h1-6H,7-8H2,(H,27,28,29). The quantitative estimate of drug-likeness (QED) is 0.446. The minimum Gasteiger partial charge on any atom is -0.361 e. The van der Waals surface area contributed by atoms with Gasteiger partial charge in [-0.15, -0.1) is 0 Å². The summed E-state index contributed by atoms with van der Waals surface area (Å²) in [6.07, 6.45) is -3.77. The van der Waals surface area contributed by atoms with Crippen molar-refractivity contribution in [3.05, 3.63) is 70.3 Å². The molecule has 0 aliphatic carbocycles. The first-order valence-electron chi connectivity index (χ1n) is 8.06. The number of anilines is 1. The molecule has 2 aromatic heterocycles. The van der Waals surface area contributed by atoms with E-state index in [2.05, 4.69) is 20.3 Å². The molecule has 0 unspecified atom stereocenters. The Hall–Kier alpha value is -2.88. The summed E-state index contributed by atoms with van der Waals surface area (Å²) in [5, 5.41) is 1.74. The van der Waals surface area contributed by atoms with E-state index in [1.54, 1.807) is 12.1 Å². The van der Waals surface area contributed by atoms with E-state index in [0.717, 1.165) is 0 Å². The smallest absolute Gasteiger partial charge is 0.361 e. The lowest BCUT2D eigenvalue weighted by atomic mass is 10.0. The maximum Gasteiger partial charge on any atom is 0.405 e. The zero-order valence-electron chi connectivity index (χ0n) is 14.4. The Morgan fingerprint density at radius 2 is 1.66 bits per heavy atom. The van der Waals surface area contributed by atoms with E-state index in [-0.39, 0.29) is 28.1 Å². The highest BCUT2D eigenvalue weighted by Gasteiger charge is 2.28. The Bertz CT molecular complexity index is 1000. The van der Waals surface area contributed by atoms with Crippen molar-refractivity contribution in [1.82, 2.24) is 15.0 Å². The van der Waals surface area contributed by atoms with Gasteiger partial charge < -0.3 is 5.32 Å². The first-order valence-corrected chi connectivity index (χ1v) is 8.43. The molecule has 152 valence electrons. The number of hydrogen-bond acceptors (Lipinski definition) is 4. The van der Waals surface area contributed by atoms with Crippen LogP contribution >= 0.6 is 11.6 Å². The Kier molecular flexibility index (Phi) is 5.92. The van der Waals surface area contributed by atoms with Gasteiger partial charge in [-0.25, -0.2) is 23.1 Å². The van der Waals surface area contributed by atoms with Crippen LogP contribution in [0.25, 0.3) is 11.5 Å². The second kappa shape index (κ2) is 8.24. The lowest BCUT2D eigenvalue weighted by Gasteiger charge is -2.16. The van der Waals surface area contributed by atoms with Crippen molar-refractivity contribution in [1.29, 1.82) is 0 Å². The molecule has 0 saturated heterocycles. The van der Waals surface area contributed by atoms with Crippen LogP contribution in [0, 0.1) is 17.5 Å². The fourth-order valence-electron chi connectivity index (χ4n) is 2.47. The van der Waals surface area contributed by atoms with Crippen molar-refractivity contribution in [2.75, 3.05) is 11.9 Å². The third-order valence-electron chi connectivity index (χ3n) is 3.77. The second-order valence-corrected chi connectivity index (χ2v) is 6.23. The summed E-state index contributed by atoms with van der Waals surface area (Å²) in [6.45, 7) is -1.47. The van der Waals surface area contributed by atoms with Crippen molar-refractivity contribution in [3.63, 3.8) is 0 Å². The van der Waals surface area contributed by atoms with Gasteiger partial charge in [0, 0.05) is 35.9 Å². The molecule has 3 aromatic rings. The zero-order valence-corrected chi connectivity index (χ0v) is 15.1. The number of rotatable bonds is 5. The summed E-state index contributed by atoms with van der Waals surface area (Å²) >= 11 is 6.10. The summed E-state index contributed by atoms with van der Waals surface area (Å²) in [5.74, 6) is -4.01. The van der Waals surface area contributed by atoms with Gasteiger partial charge in [0.05, 0.1) is 0 Å². The average molecular weight is 433 g/mol. The fraction of sp³-hybridized carbons (Fsp3) is 0.167. The molecule has 1 N–H and O–H groups in total. The molecule has 11 heteroatoms. The molecular formula is C18H11ClF6N4. The van der Waals surface area contributed by atoms with Crippen LogP contribution in [0.3, 0.4) is 0 Å². The van der Waals surface area contributed by atoms with Crippen LogP contribution in [-0.2, 0) is 6.42 Å². The Balaban J connectivity index is 2.07. The molecule has 0 spiro atoms. The van der Waals surface area contributed by atoms with Crippen molar-refractivity contribution >= 4 is 17.4 Å². The van der Waals surface area contributed by atoms with Crippen molar-refractivity contribution in [3.8, 4) is 11.5 Å². The molecule has 0 bridgehead atoms. The van der Waals surface area contributed by atoms with Crippen LogP contribution in [0.2, 0.25) is 5.15 Å². The zero-order chi connectivity index (χ0) is 21.2. The largest absolute Gasteiger partial charge is 0.405 e. The maximum absolute atomic E-state index is 14.0. The number of hydrogen-bond donors (Lipinski definition) is 1. The van der Waals surface area contributed by atoms with Crippen molar-refractivity contribution in [2.24, 2.45) is 0 Å². The number of aromatic nitrogens is 3. The Morgan fingerprint density at radius 1 is 0.966 bits per heavy atom. The summed E-state index contributed by atoms with van der Waals surface area (Å²) < 4.78 is 79.2. The van der Waals surface area contributed by atoms with E-state index in [0.29, 0.717) is 12.1 Å². The normalized spacial score (nSPS) is 11.6. The Labute approximate surface area is 165 Å². The van der Waals surface area contributed by atoms with Gasteiger partial charge in [0.25, 0.3) is 0 Å². The topological polar surface area (TPSA) is 50.7 Å². The Morgan fingerprint density at radius 3 is 2.24 bits per heavy atom. The predicted molar refractivity (Wildman–Crippen MR) is 93.9 cm³/mol. The average Bonchev–Trinajstić information content (AvgIpc) is 2.64. The predicted octanol–water partition coefficient (Wildman–Crippen LogP) is 5.17. The molecule has 29 heavy (non-hydrogen) atoms. The van der Waals surface area contributed by atoms with Gasteiger partial charge in [0.1, 0.15) is 40.7 Å². The lowest BCUT2D eigenvalue weighted by molar-refractivity contribution is -0.115. The van der Waals surface area contributed by atoms with Gasteiger partial charge in [-0.05, 0) is 12.1 Å². The molecule has 0 radical (unpaired) electrons. The highest BCUT2D eigenvalue weighted by molar-refractivity contribution is 6.30. The molecular weight excluding hydrogens is 422 g/mol. The fourth-order valence-corrected chi connectivity index (χ4v) is 2.71. The SMILES string of the molecule is Fc1cc(F)c(Cc2c(Cl)nc(-c3ccccn3)nc2NCC(F)(F)F)c(F)c1. The number of pyridine rings is 1. The highest BCUT2D eigenvalue weighted by atomic mass is 35.5. The van der Waals surface area contributed by atoms with E-state index in [9.17, 15) is 26.3 Å². The van der Waals surface area contributed by atoms with Crippen molar-refractivity contribution in [2.45, 2.75) is 12.6 Å². The number of halogens is 7. The molecule has 0 aliphatic heterocycles. The van der Waals surface area contributed by atoms with Crippen LogP contribution in [0.4, 0.5) is 32.2 Å². The van der Waals surface area contributed by atoms with Crippen LogP contribution in [0.5, 0.6) is 0 Å². The van der Waals surface area contributed by atoms with E-state index in [1.807, 2.05) is 0 Å². The molecule has 0 atom stereocenters. The van der Waals surface area contributed by atoms with Gasteiger partial charge in [0.2, 0.25) is 0 Å². The molecule has 0 fully saturated rings. The summed E-state index contributed by atoms with van der Waals surface area (Å²) in [5.41, 5.74) is -0.535. The van der Waals surface area contributed by atoms with E-state index in [4.69, 9.17) is 11.6 Å². The first kappa shape index (κ1) is 20.8. The lowest BCUT2D eigenvalue weighted by Crippen LogP contribution is -2.23. The van der Waals surface area contributed by atoms with Gasteiger partial charge in [-0.3, -0.25) is 4.98 Å². The molecule has 0 aliphatic rings. The van der Waals surface area contributed by atoms with E-state index in [1.165, 1.54) is 12.3 Å². The van der Waals surface area contributed by atoms with Gasteiger partial charge >= 0.3 is 6.18 Å². The van der Waals surface area contributed by atoms with Crippen molar-refractivity contribution < 1.29 is 26.3 Å². The van der Waals surface area contributed by atoms with Crippen LogP contribution in [0.15, 0.2) is 36.5 Å². The summed E-state index contributed by atoms with van der Waals surface area (Å²) in [7, 11) is 0. The second-order valence-electron chi connectivity index (χ2n) is 5.87. The minimum absolute atomic E-state index is 0.0796. The molecule has 0 saturated carbocycles. The maximum atomic E-state index is 14.0. The van der Waals surface area contributed by atoms with E-state index >= 15 is 0 Å². The number of nitrogens with one attached hydrogen (secondary N) is 1. The number of benzene rings is 1. The van der Waals surface area contributed by atoms with E-state index < -0.39 is 42.2 Å². The van der Waals surface area contributed by atoms with Gasteiger partial charge in [-0.1, -0.05) is 17.7 Å². The summed E-state index contributed by atoms with van der Waals surface area (Å²) in [4.78, 5) is 12.0. The molecule has 2 heterocycles. The minimum atomic E-state index is -4.59. The van der Waals surface area contributed by atoms with Gasteiger partial charge in [0.15, 0.2) is 5.82 Å². The molecule has 0 amide bonds. The molecule has 3 rings (SSSR count).